The van der Waals surface area contributed by atoms with Crippen molar-refractivity contribution in [1.82, 2.24) is 9.62 Å². The van der Waals surface area contributed by atoms with Gasteiger partial charge >= 0.3 is 0 Å². The van der Waals surface area contributed by atoms with Gasteiger partial charge in [-0.2, -0.15) is 0 Å². The van der Waals surface area contributed by atoms with Gasteiger partial charge in [0.25, 0.3) is 10.0 Å². The molecule has 0 saturated heterocycles. The summed E-state index contributed by atoms with van der Waals surface area (Å²) in [5.74, 6) is 0.616. The molecule has 0 aliphatic heterocycles. The van der Waals surface area contributed by atoms with E-state index < -0.39 is 10.0 Å². The van der Waals surface area contributed by atoms with Crippen LogP contribution in [0.25, 0.3) is 0 Å². The van der Waals surface area contributed by atoms with Crippen LogP contribution in [0.3, 0.4) is 0 Å². The van der Waals surface area contributed by atoms with Crippen LogP contribution in [0.15, 0.2) is 33.1 Å². The van der Waals surface area contributed by atoms with Crippen molar-refractivity contribution in [1.29, 1.82) is 0 Å². The van der Waals surface area contributed by atoms with E-state index >= 15 is 0 Å². The van der Waals surface area contributed by atoms with E-state index in [1.165, 1.54) is 30.6 Å². The van der Waals surface area contributed by atoms with Gasteiger partial charge in [0, 0.05) is 25.5 Å². The highest BCUT2D eigenvalue weighted by Gasteiger charge is 2.21. The first-order valence-corrected chi connectivity index (χ1v) is 9.04. The van der Waals surface area contributed by atoms with Crippen LogP contribution < -0.4 is 5.32 Å². The number of sulfonamides is 1. The summed E-state index contributed by atoms with van der Waals surface area (Å²) >= 11 is 1.73. The van der Waals surface area contributed by atoms with Gasteiger partial charge in [0.2, 0.25) is 5.09 Å². The number of thiophene rings is 1. The fourth-order valence-corrected chi connectivity index (χ4v) is 3.67. The number of nitrogens with zero attached hydrogens (tertiary/aromatic N) is 1. The Morgan fingerprint density at radius 2 is 2.00 bits per heavy atom. The van der Waals surface area contributed by atoms with Crippen molar-refractivity contribution in [2.24, 2.45) is 0 Å². The summed E-state index contributed by atoms with van der Waals surface area (Å²) in [6.07, 6.45) is 1.02. The number of hydrogen-bond acceptors (Lipinski definition) is 5. The maximum Gasteiger partial charge on any atom is 0.275 e. The Morgan fingerprint density at radius 1 is 1.24 bits per heavy atom. The topological polar surface area (TPSA) is 62.6 Å². The first kappa shape index (κ1) is 16.2. The van der Waals surface area contributed by atoms with Gasteiger partial charge < -0.3 is 9.73 Å². The minimum absolute atomic E-state index is 0.0188. The normalized spacial score (nSPS) is 12.2. The summed E-state index contributed by atoms with van der Waals surface area (Å²) in [6, 6.07) is 5.32. The lowest BCUT2D eigenvalue weighted by molar-refractivity contribution is 0.389. The van der Waals surface area contributed by atoms with E-state index in [2.05, 4.69) is 23.7 Å². The van der Waals surface area contributed by atoms with Gasteiger partial charge in [0.05, 0.1) is 6.54 Å². The molecule has 0 aromatic carbocycles. The predicted octanol–water partition coefficient (Wildman–Crippen LogP) is 2.44. The Labute approximate surface area is 129 Å². The number of furan rings is 1. The highest BCUT2D eigenvalue weighted by molar-refractivity contribution is 7.88. The van der Waals surface area contributed by atoms with Gasteiger partial charge in [-0.1, -0.05) is 6.92 Å². The molecule has 0 amide bonds. The summed E-state index contributed by atoms with van der Waals surface area (Å²) < 4.78 is 30.3. The van der Waals surface area contributed by atoms with Crippen molar-refractivity contribution in [3.8, 4) is 0 Å². The van der Waals surface area contributed by atoms with Crippen LogP contribution >= 0.6 is 11.3 Å². The molecule has 7 heteroatoms. The molecule has 0 fully saturated rings. The Kier molecular flexibility index (Phi) is 5.21. The second kappa shape index (κ2) is 6.74. The molecular weight excluding hydrogens is 308 g/mol. The lowest BCUT2D eigenvalue weighted by Gasteiger charge is -2.08. The number of nitrogens with one attached hydrogen (secondary N) is 1. The number of hydrogen-bond donors (Lipinski definition) is 1. The minimum Gasteiger partial charge on any atom is -0.447 e. The summed E-state index contributed by atoms with van der Waals surface area (Å²) in [5, 5.41) is 5.35. The molecule has 0 spiro atoms. The molecule has 0 unspecified atom stereocenters. The maximum absolute atomic E-state index is 11.9. The standard InChI is InChI=1S/C14H20N2O3S2/c1-4-11-7-8-20-13(11)10-15-9-12-5-6-14(19-12)21(17,18)16(2)3/h5-8,15H,4,9-10H2,1-3H3. The molecule has 2 rings (SSSR count). The highest BCUT2D eigenvalue weighted by Crippen LogP contribution is 2.19. The molecule has 2 aromatic heterocycles. The second-order valence-corrected chi connectivity index (χ2v) is 7.92. The molecule has 0 radical (unpaired) electrons. The Hall–Kier alpha value is -1.15. The smallest absolute Gasteiger partial charge is 0.275 e. The summed E-state index contributed by atoms with van der Waals surface area (Å²) in [6.45, 7) is 3.40. The zero-order valence-corrected chi connectivity index (χ0v) is 14.1. The molecule has 5 nitrogen and oxygen atoms in total. The van der Waals surface area contributed by atoms with Gasteiger partial charge in [0.1, 0.15) is 5.76 Å². The molecule has 2 heterocycles. The quantitative estimate of drug-likeness (QED) is 0.848. The van der Waals surface area contributed by atoms with Crippen molar-refractivity contribution >= 4 is 21.4 Å². The van der Waals surface area contributed by atoms with Crippen molar-refractivity contribution in [2.45, 2.75) is 31.5 Å². The molecular formula is C14H20N2O3S2. The minimum atomic E-state index is -3.49. The third-order valence-corrected chi connectivity index (χ3v) is 5.83. The SMILES string of the molecule is CCc1ccsc1CNCc1ccc(S(=O)(=O)N(C)C)o1. The van der Waals surface area contributed by atoms with Crippen LogP contribution in [-0.2, 0) is 29.5 Å². The van der Waals surface area contributed by atoms with Gasteiger partial charge in [-0.3, -0.25) is 0 Å². The van der Waals surface area contributed by atoms with Gasteiger partial charge in [0.15, 0.2) is 0 Å². The Balaban J connectivity index is 1.95. The molecule has 0 aliphatic carbocycles. The van der Waals surface area contributed by atoms with Crippen LogP contribution in [0.2, 0.25) is 0 Å². The van der Waals surface area contributed by atoms with E-state index in [1.807, 2.05) is 0 Å². The van der Waals surface area contributed by atoms with E-state index in [0.29, 0.717) is 12.3 Å². The molecule has 2 aromatic rings. The predicted molar refractivity (Wildman–Crippen MR) is 83.8 cm³/mol. The number of rotatable bonds is 7. The molecule has 0 atom stereocenters. The zero-order chi connectivity index (χ0) is 15.5. The molecule has 0 aliphatic rings. The second-order valence-electron chi connectivity index (χ2n) is 4.83. The van der Waals surface area contributed by atoms with E-state index in [1.54, 1.807) is 17.4 Å². The van der Waals surface area contributed by atoms with Crippen LogP contribution in [0.4, 0.5) is 0 Å². The van der Waals surface area contributed by atoms with Gasteiger partial charge in [-0.25, -0.2) is 12.7 Å². The summed E-state index contributed by atoms with van der Waals surface area (Å²) in [7, 11) is -0.524. The van der Waals surface area contributed by atoms with Crippen molar-refractivity contribution in [2.75, 3.05) is 14.1 Å². The van der Waals surface area contributed by atoms with Gasteiger partial charge in [-0.05, 0) is 35.6 Å². The Morgan fingerprint density at radius 3 is 2.67 bits per heavy atom. The fourth-order valence-electron chi connectivity index (χ4n) is 1.91. The highest BCUT2D eigenvalue weighted by atomic mass is 32.2. The van der Waals surface area contributed by atoms with Crippen LogP contribution in [0, 0.1) is 0 Å². The van der Waals surface area contributed by atoms with Crippen molar-refractivity contribution in [3.63, 3.8) is 0 Å². The summed E-state index contributed by atoms with van der Waals surface area (Å²) in [5.41, 5.74) is 1.35. The Bertz CT molecular complexity index is 687. The lowest BCUT2D eigenvalue weighted by Crippen LogP contribution is -2.21. The third kappa shape index (κ3) is 3.74. The van der Waals surface area contributed by atoms with Crippen LogP contribution in [0.1, 0.15) is 23.1 Å². The molecule has 21 heavy (non-hydrogen) atoms. The van der Waals surface area contributed by atoms with Crippen molar-refractivity contribution in [3.05, 3.63) is 39.8 Å². The van der Waals surface area contributed by atoms with E-state index in [4.69, 9.17) is 4.42 Å². The van der Waals surface area contributed by atoms with E-state index in [-0.39, 0.29) is 5.09 Å². The molecule has 116 valence electrons. The maximum atomic E-state index is 11.9. The average Bonchev–Trinajstić information content (AvgIpc) is 3.07. The monoisotopic (exact) mass is 328 g/mol. The first-order valence-electron chi connectivity index (χ1n) is 6.72. The van der Waals surface area contributed by atoms with E-state index in [9.17, 15) is 8.42 Å². The van der Waals surface area contributed by atoms with Crippen molar-refractivity contribution < 1.29 is 12.8 Å². The molecule has 0 saturated carbocycles. The largest absolute Gasteiger partial charge is 0.447 e. The first-order chi connectivity index (χ1) is 9.95. The molecule has 1 N–H and O–H groups in total. The third-order valence-electron chi connectivity index (χ3n) is 3.18. The number of aryl methyl sites for hydroxylation is 1. The van der Waals surface area contributed by atoms with Gasteiger partial charge in [-0.15, -0.1) is 11.3 Å². The van der Waals surface area contributed by atoms with E-state index in [0.717, 1.165) is 17.3 Å². The lowest BCUT2D eigenvalue weighted by atomic mass is 10.2. The average molecular weight is 328 g/mol. The van der Waals surface area contributed by atoms with Crippen LogP contribution in [-0.4, -0.2) is 26.8 Å². The zero-order valence-electron chi connectivity index (χ0n) is 12.4. The van der Waals surface area contributed by atoms with Crippen LogP contribution in [0.5, 0.6) is 0 Å². The molecule has 0 bridgehead atoms. The summed E-state index contributed by atoms with van der Waals surface area (Å²) in [4.78, 5) is 1.31. The fraction of sp³-hybridized carbons (Fsp3) is 0.429.